The Morgan fingerprint density at radius 2 is 1.68 bits per heavy atom. The van der Waals surface area contributed by atoms with Crippen LogP contribution in [0.5, 0.6) is 0 Å². The summed E-state index contributed by atoms with van der Waals surface area (Å²) in [6.07, 6.45) is 3.80. The lowest BCUT2D eigenvalue weighted by atomic mass is 10.0. The highest BCUT2D eigenvalue weighted by atomic mass is 32.2. The third-order valence-corrected chi connectivity index (χ3v) is 3.59. The van der Waals surface area contributed by atoms with Crippen molar-refractivity contribution in [1.29, 1.82) is 0 Å². The van der Waals surface area contributed by atoms with E-state index in [1.165, 1.54) is 0 Å². The average Bonchev–Trinajstić information content (AvgIpc) is 2.47. The Labute approximate surface area is 115 Å². The summed E-state index contributed by atoms with van der Waals surface area (Å²) >= 11 is 1.60. The fourth-order valence-corrected chi connectivity index (χ4v) is 2.29. The topological polar surface area (TPSA) is 51.8 Å². The number of hydrogen-bond donors (Lipinski definition) is 1. The van der Waals surface area contributed by atoms with Crippen molar-refractivity contribution < 1.29 is 0 Å². The number of fused-ring (bicyclic) bond motifs is 1. The SMILES string of the molecule is CSc1cnc2cc(-c3ccc(N)cc3)ccc2n1. The molecule has 0 saturated heterocycles. The first-order valence-electron chi connectivity index (χ1n) is 5.93. The molecule has 0 aliphatic carbocycles. The largest absolute Gasteiger partial charge is 0.399 e. The van der Waals surface area contributed by atoms with Crippen molar-refractivity contribution >= 4 is 28.5 Å². The first kappa shape index (κ1) is 12.0. The predicted octanol–water partition coefficient (Wildman–Crippen LogP) is 3.60. The van der Waals surface area contributed by atoms with Gasteiger partial charge in [0.25, 0.3) is 0 Å². The zero-order chi connectivity index (χ0) is 13.2. The molecule has 3 nitrogen and oxygen atoms in total. The second-order valence-corrected chi connectivity index (χ2v) is 5.06. The first-order chi connectivity index (χ1) is 9.26. The normalized spacial score (nSPS) is 10.8. The molecular formula is C15H13N3S. The van der Waals surface area contributed by atoms with E-state index in [1.54, 1.807) is 18.0 Å². The maximum absolute atomic E-state index is 5.70. The quantitative estimate of drug-likeness (QED) is 0.569. The van der Waals surface area contributed by atoms with Gasteiger partial charge in [-0.15, -0.1) is 11.8 Å². The minimum absolute atomic E-state index is 0.772. The number of anilines is 1. The third kappa shape index (κ3) is 2.39. The molecule has 0 atom stereocenters. The molecule has 0 aliphatic heterocycles. The van der Waals surface area contributed by atoms with Crippen LogP contribution in [0.25, 0.3) is 22.2 Å². The van der Waals surface area contributed by atoms with Crippen LogP contribution in [0, 0.1) is 0 Å². The van der Waals surface area contributed by atoms with Gasteiger partial charge in [-0.2, -0.15) is 0 Å². The van der Waals surface area contributed by atoms with Crippen molar-refractivity contribution in [3.63, 3.8) is 0 Å². The monoisotopic (exact) mass is 267 g/mol. The predicted molar refractivity (Wildman–Crippen MR) is 81.2 cm³/mol. The first-order valence-corrected chi connectivity index (χ1v) is 7.15. The van der Waals surface area contributed by atoms with Gasteiger partial charge in [-0.25, -0.2) is 4.98 Å². The Balaban J connectivity index is 2.08. The molecule has 2 aromatic carbocycles. The average molecular weight is 267 g/mol. The van der Waals surface area contributed by atoms with E-state index in [-0.39, 0.29) is 0 Å². The zero-order valence-electron chi connectivity index (χ0n) is 10.5. The molecule has 0 fully saturated rings. The van der Waals surface area contributed by atoms with Gasteiger partial charge < -0.3 is 5.73 Å². The molecule has 1 heterocycles. The van der Waals surface area contributed by atoms with Crippen LogP contribution in [0.4, 0.5) is 5.69 Å². The van der Waals surface area contributed by atoms with Gasteiger partial charge in [0, 0.05) is 5.69 Å². The standard InChI is InChI=1S/C15H13N3S/c1-19-15-9-17-14-8-11(4-7-13(14)18-15)10-2-5-12(16)6-3-10/h2-9H,16H2,1H3. The van der Waals surface area contributed by atoms with Crippen molar-refractivity contribution in [2.24, 2.45) is 0 Å². The van der Waals surface area contributed by atoms with Crippen molar-refractivity contribution in [3.05, 3.63) is 48.7 Å². The molecule has 19 heavy (non-hydrogen) atoms. The van der Waals surface area contributed by atoms with E-state index in [9.17, 15) is 0 Å². The van der Waals surface area contributed by atoms with Gasteiger partial charge in [0.15, 0.2) is 0 Å². The van der Waals surface area contributed by atoms with Crippen LogP contribution in [0.15, 0.2) is 53.7 Å². The summed E-state index contributed by atoms with van der Waals surface area (Å²) in [6.45, 7) is 0. The molecule has 0 saturated carbocycles. The second kappa shape index (κ2) is 4.90. The number of hydrogen-bond acceptors (Lipinski definition) is 4. The van der Waals surface area contributed by atoms with Gasteiger partial charge in [-0.05, 0) is 41.6 Å². The smallest absolute Gasteiger partial charge is 0.115 e. The maximum Gasteiger partial charge on any atom is 0.115 e. The molecule has 0 unspecified atom stereocenters. The molecule has 3 rings (SSSR count). The number of benzene rings is 2. The summed E-state index contributed by atoms with van der Waals surface area (Å²) in [7, 11) is 0. The lowest BCUT2D eigenvalue weighted by molar-refractivity contribution is 1.12. The van der Waals surface area contributed by atoms with E-state index in [4.69, 9.17) is 5.73 Å². The molecule has 3 aromatic rings. The Morgan fingerprint density at radius 1 is 0.947 bits per heavy atom. The minimum Gasteiger partial charge on any atom is -0.399 e. The van der Waals surface area contributed by atoms with Gasteiger partial charge in [0.05, 0.1) is 17.2 Å². The molecule has 94 valence electrons. The van der Waals surface area contributed by atoms with Gasteiger partial charge in [-0.1, -0.05) is 18.2 Å². The second-order valence-electron chi connectivity index (χ2n) is 4.24. The van der Waals surface area contributed by atoms with Crippen molar-refractivity contribution in [2.75, 3.05) is 12.0 Å². The van der Waals surface area contributed by atoms with Crippen LogP contribution >= 0.6 is 11.8 Å². The molecule has 0 spiro atoms. The molecule has 0 radical (unpaired) electrons. The van der Waals surface area contributed by atoms with Gasteiger partial charge in [0.1, 0.15) is 5.03 Å². The molecular weight excluding hydrogens is 254 g/mol. The molecule has 4 heteroatoms. The zero-order valence-corrected chi connectivity index (χ0v) is 11.3. The van der Waals surface area contributed by atoms with Crippen molar-refractivity contribution in [3.8, 4) is 11.1 Å². The highest BCUT2D eigenvalue weighted by molar-refractivity contribution is 7.98. The Bertz CT molecular complexity index is 723. The van der Waals surface area contributed by atoms with Crippen LogP contribution in [0.2, 0.25) is 0 Å². The van der Waals surface area contributed by atoms with Crippen LogP contribution in [-0.2, 0) is 0 Å². The Kier molecular flexibility index (Phi) is 3.09. The van der Waals surface area contributed by atoms with E-state index in [0.29, 0.717) is 0 Å². The summed E-state index contributed by atoms with van der Waals surface area (Å²) in [5.41, 5.74) is 10.6. The number of nitrogens with zero attached hydrogens (tertiary/aromatic N) is 2. The van der Waals surface area contributed by atoms with E-state index >= 15 is 0 Å². The number of nitrogens with two attached hydrogens (primary N) is 1. The lowest BCUT2D eigenvalue weighted by Crippen LogP contribution is -1.88. The summed E-state index contributed by atoms with van der Waals surface area (Å²) < 4.78 is 0. The number of thioether (sulfide) groups is 1. The van der Waals surface area contributed by atoms with Crippen LogP contribution < -0.4 is 5.73 Å². The van der Waals surface area contributed by atoms with Crippen LogP contribution in [0.1, 0.15) is 0 Å². The van der Waals surface area contributed by atoms with E-state index < -0.39 is 0 Å². The van der Waals surface area contributed by atoms with Gasteiger partial charge in [-0.3, -0.25) is 4.98 Å². The molecule has 0 bridgehead atoms. The summed E-state index contributed by atoms with van der Waals surface area (Å²) in [6, 6.07) is 14.0. The lowest BCUT2D eigenvalue weighted by Gasteiger charge is -2.04. The summed E-state index contributed by atoms with van der Waals surface area (Å²) in [5, 5.41) is 0.938. The van der Waals surface area contributed by atoms with Crippen LogP contribution in [0.3, 0.4) is 0 Å². The highest BCUT2D eigenvalue weighted by Gasteiger charge is 2.02. The molecule has 0 amide bonds. The summed E-state index contributed by atoms with van der Waals surface area (Å²) in [5.74, 6) is 0. The van der Waals surface area contributed by atoms with Gasteiger partial charge >= 0.3 is 0 Å². The van der Waals surface area contributed by atoms with Gasteiger partial charge in [0.2, 0.25) is 0 Å². The molecule has 2 N–H and O–H groups in total. The number of rotatable bonds is 2. The van der Waals surface area contributed by atoms with E-state index in [0.717, 1.165) is 32.9 Å². The minimum atomic E-state index is 0.772. The summed E-state index contributed by atoms with van der Waals surface area (Å²) in [4.78, 5) is 8.97. The Morgan fingerprint density at radius 3 is 2.42 bits per heavy atom. The van der Waals surface area contributed by atoms with E-state index in [1.807, 2.05) is 36.6 Å². The highest BCUT2D eigenvalue weighted by Crippen LogP contribution is 2.24. The van der Waals surface area contributed by atoms with Crippen molar-refractivity contribution in [1.82, 2.24) is 9.97 Å². The molecule has 1 aromatic heterocycles. The molecule has 0 aliphatic rings. The Hall–Kier alpha value is -2.07. The number of aromatic nitrogens is 2. The van der Waals surface area contributed by atoms with Crippen LogP contribution in [-0.4, -0.2) is 16.2 Å². The number of nitrogen functional groups attached to an aromatic ring is 1. The fraction of sp³-hybridized carbons (Fsp3) is 0.0667. The van der Waals surface area contributed by atoms with E-state index in [2.05, 4.69) is 22.1 Å². The third-order valence-electron chi connectivity index (χ3n) is 2.97. The maximum atomic E-state index is 5.70. The van der Waals surface area contributed by atoms with Crippen molar-refractivity contribution in [2.45, 2.75) is 5.03 Å². The fourth-order valence-electron chi connectivity index (χ4n) is 1.95.